The van der Waals surface area contributed by atoms with Gasteiger partial charge in [0.1, 0.15) is 0 Å². The molecule has 0 aliphatic heterocycles. The van der Waals surface area contributed by atoms with Gasteiger partial charge in [-0.1, -0.05) is 30.4 Å². The molecule has 0 spiro atoms. The van der Waals surface area contributed by atoms with E-state index in [-0.39, 0.29) is 0 Å². The second-order valence-electron chi connectivity index (χ2n) is 3.13. The van der Waals surface area contributed by atoms with Crippen LogP contribution < -0.4 is 0 Å². The number of rotatable bonds is 8. The van der Waals surface area contributed by atoms with Crippen molar-refractivity contribution in [2.75, 3.05) is 0 Å². The summed E-state index contributed by atoms with van der Waals surface area (Å²) >= 11 is 0. The maximum absolute atomic E-state index is 8.30. The summed E-state index contributed by atoms with van der Waals surface area (Å²) in [6.07, 6.45) is 16.4. The number of nitrogens with zero attached hydrogens (tertiary/aromatic N) is 1. The van der Waals surface area contributed by atoms with Crippen LogP contribution in [0.3, 0.4) is 0 Å². The Morgan fingerprint density at radius 3 is 2.36 bits per heavy atom. The van der Waals surface area contributed by atoms with E-state index in [4.69, 9.17) is 5.26 Å². The molecule has 14 heavy (non-hydrogen) atoms. The predicted octanol–water partition coefficient (Wildman–Crippen LogP) is 4.15. The van der Waals surface area contributed by atoms with Gasteiger partial charge in [0.15, 0.2) is 0 Å². The molecule has 0 aromatic carbocycles. The molecule has 0 fully saturated rings. The highest BCUT2D eigenvalue weighted by molar-refractivity contribution is 5.02. The molecule has 0 rings (SSSR count). The van der Waals surface area contributed by atoms with Crippen LogP contribution in [0.2, 0.25) is 0 Å². The van der Waals surface area contributed by atoms with Crippen molar-refractivity contribution in [3.63, 3.8) is 0 Å². The third-order valence-electron chi connectivity index (χ3n) is 1.83. The molecule has 0 bridgehead atoms. The van der Waals surface area contributed by atoms with Gasteiger partial charge in [0, 0.05) is 6.42 Å². The largest absolute Gasteiger partial charge is 0.198 e. The maximum atomic E-state index is 8.30. The molecule has 1 heteroatoms. The normalized spacial score (nSPS) is 10.8. The minimum absolute atomic E-state index is 0.684. The van der Waals surface area contributed by atoms with Gasteiger partial charge < -0.3 is 0 Å². The Balaban J connectivity index is 3.22. The SMILES string of the molecule is C=CCC/C=C/C=C/CCCCC#N. The van der Waals surface area contributed by atoms with Gasteiger partial charge in [-0.05, 0) is 32.1 Å². The molecule has 76 valence electrons. The van der Waals surface area contributed by atoms with Gasteiger partial charge in [0.05, 0.1) is 6.07 Å². The lowest BCUT2D eigenvalue weighted by atomic mass is 10.2. The third-order valence-corrected chi connectivity index (χ3v) is 1.83. The number of unbranched alkanes of at least 4 members (excludes halogenated alkanes) is 4. The molecule has 0 heterocycles. The molecule has 1 nitrogen and oxygen atoms in total. The van der Waals surface area contributed by atoms with Gasteiger partial charge in [-0.3, -0.25) is 0 Å². The predicted molar refractivity (Wildman–Crippen MR) is 61.8 cm³/mol. The molecule has 0 amide bonds. The summed E-state index contributed by atoms with van der Waals surface area (Å²) in [5.74, 6) is 0. The number of hydrogen-bond acceptors (Lipinski definition) is 1. The van der Waals surface area contributed by atoms with Crippen LogP contribution >= 0.6 is 0 Å². The lowest BCUT2D eigenvalue weighted by Crippen LogP contribution is -1.71. The molecule has 0 saturated heterocycles. The Hall–Kier alpha value is -1.29. The summed E-state index contributed by atoms with van der Waals surface area (Å²) in [4.78, 5) is 0. The molecular weight excluding hydrogens is 170 g/mol. The molecule has 0 aliphatic carbocycles. The molecule has 0 N–H and O–H groups in total. The Kier molecular flexibility index (Phi) is 10.6. The molecule has 0 aliphatic rings. The van der Waals surface area contributed by atoms with Crippen molar-refractivity contribution in [2.24, 2.45) is 0 Å². The summed E-state index contributed by atoms with van der Waals surface area (Å²) in [6, 6.07) is 2.15. The summed E-state index contributed by atoms with van der Waals surface area (Å²) in [6.45, 7) is 3.66. The van der Waals surface area contributed by atoms with Crippen molar-refractivity contribution in [3.05, 3.63) is 37.0 Å². The number of nitriles is 1. The van der Waals surface area contributed by atoms with Crippen LogP contribution in [-0.2, 0) is 0 Å². The highest BCUT2D eigenvalue weighted by Crippen LogP contribution is 1.99. The maximum Gasteiger partial charge on any atom is 0.0621 e. The first kappa shape index (κ1) is 12.7. The van der Waals surface area contributed by atoms with E-state index in [1.807, 2.05) is 6.08 Å². The quantitative estimate of drug-likeness (QED) is 0.319. The zero-order chi connectivity index (χ0) is 10.5. The fourth-order valence-corrected chi connectivity index (χ4v) is 1.03. The average molecular weight is 189 g/mol. The molecule has 0 aromatic rings. The van der Waals surface area contributed by atoms with E-state index in [1.54, 1.807) is 0 Å². The van der Waals surface area contributed by atoms with Crippen LogP contribution in [0.5, 0.6) is 0 Å². The summed E-state index contributed by atoms with van der Waals surface area (Å²) in [7, 11) is 0. The highest BCUT2D eigenvalue weighted by atomic mass is 14.2. The Bertz CT molecular complexity index is 218. The van der Waals surface area contributed by atoms with Crippen molar-refractivity contribution in [3.8, 4) is 6.07 Å². The molecular formula is C13H19N. The van der Waals surface area contributed by atoms with Crippen molar-refractivity contribution < 1.29 is 0 Å². The van der Waals surface area contributed by atoms with Crippen LogP contribution in [0.15, 0.2) is 37.0 Å². The van der Waals surface area contributed by atoms with Gasteiger partial charge in [0.2, 0.25) is 0 Å². The first-order valence-electron chi connectivity index (χ1n) is 5.21. The molecule has 0 saturated carbocycles. The Labute approximate surface area is 87.4 Å². The van der Waals surface area contributed by atoms with E-state index in [1.165, 1.54) is 0 Å². The van der Waals surface area contributed by atoms with E-state index in [2.05, 4.69) is 37.0 Å². The van der Waals surface area contributed by atoms with Crippen molar-refractivity contribution >= 4 is 0 Å². The fraction of sp³-hybridized carbons (Fsp3) is 0.462. The fourth-order valence-electron chi connectivity index (χ4n) is 1.03. The van der Waals surface area contributed by atoms with Crippen LogP contribution in [0.25, 0.3) is 0 Å². The van der Waals surface area contributed by atoms with Gasteiger partial charge in [-0.2, -0.15) is 5.26 Å². The van der Waals surface area contributed by atoms with Crippen molar-refractivity contribution in [1.82, 2.24) is 0 Å². The smallest absolute Gasteiger partial charge is 0.0621 e. The molecule has 0 aromatic heterocycles. The van der Waals surface area contributed by atoms with E-state index < -0.39 is 0 Å². The van der Waals surface area contributed by atoms with E-state index in [9.17, 15) is 0 Å². The van der Waals surface area contributed by atoms with Gasteiger partial charge in [-0.25, -0.2) is 0 Å². The van der Waals surface area contributed by atoms with Crippen LogP contribution in [-0.4, -0.2) is 0 Å². The monoisotopic (exact) mass is 189 g/mol. The minimum atomic E-state index is 0.684. The number of hydrogen-bond donors (Lipinski definition) is 0. The number of allylic oxidation sites excluding steroid dienone is 5. The summed E-state index contributed by atoms with van der Waals surface area (Å²) in [5, 5.41) is 8.30. The first-order valence-corrected chi connectivity index (χ1v) is 5.21. The van der Waals surface area contributed by atoms with E-state index in [0.717, 1.165) is 32.1 Å². The molecule has 0 unspecified atom stereocenters. The van der Waals surface area contributed by atoms with E-state index in [0.29, 0.717) is 6.42 Å². The summed E-state index contributed by atoms with van der Waals surface area (Å²) < 4.78 is 0. The second-order valence-corrected chi connectivity index (χ2v) is 3.13. The molecule has 0 radical (unpaired) electrons. The third kappa shape index (κ3) is 10.7. The first-order chi connectivity index (χ1) is 6.91. The highest BCUT2D eigenvalue weighted by Gasteiger charge is 1.82. The lowest BCUT2D eigenvalue weighted by molar-refractivity contribution is 0.768. The lowest BCUT2D eigenvalue weighted by Gasteiger charge is -1.88. The van der Waals surface area contributed by atoms with Gasteiger partial charge >= 0.3 is 0 Å². The summed E-state index contributed by atoms with van der Waals surface area (Å²) in [5.41, 5.74) is 0. The standard InChI is InChI=1S/C13H19N/c1-2-3-4-5-6-7-8-9-10-11-12-13-14/h2,5-8H,1,3-4,9-12H2/b6-5+,8-7+. The van der Waals surface area contributed by atoms with Crippen molar-refractivity contribution in [1.29, 1.82) is 5.26 Å². The Morgan fingerprint density at radius 1 is 1.00 bits per heavy atom. The van der Waals surface area contributed by atoms with Crippen LogP contribution in [0.4, 0.5) is 0 Å². The van der Waals surface area contributed by atoms with Crippen LogP contribution in [0.1, 0.15) is 38.5 Å². The van der Waals surface area contributed by atoms with E-state index >= 15 is 0 Å². The zero-order valence-corrected chi connectivity index (χ0v) is 8.78. The Morgan fingerprint density at radius 2 is 1.71 bits per heavy atom. The van der Waals surface area contributed by atoms with Gasteiger partial charge in [0.25, 0.3) is 0 Å². The van der Waals surface area contributed by atoms with Gasteiger partial charge in [-0.15, -0.1) is 6.58 Å². The molecule has 0 atom stereocenters. The van der Waals surface area contributed by atoms with Crippen LogP contribution in [0, 0.1) is 11.3 Å². The second kappa shape index (κ2) is 11.7. The topological polar surface area (TPSA) is 23.8 Å². The minimum Gasteiger partial charge on any atom is -0.198 e. The zero-order valence-electron chi connectivity index (χ0n) is 8.78. The average Bonchev–Trinajstić information content (AvgIpc) is 2.21. The van der Waals surface area contributed by atoms with Crippen molar-refractivity contribution in [2.45, 2.75) is 38.5 Å².